The highest BCUT2D eigenvalue weighted by molar-refractivity contribution is 5.85. The number of rotatable bonds is 6. The third-order valence-electron chi connectivity index (χ3n) is 3.19. The first kappa shape index (κ1) is 16.0. The summed E-state index contributed by atoms with van der Waals surface area (Å²) in [5.41, 5.74) is 1.16. The van der Waals surface area contributed by atoms with E-state index in [1.165, 1.54) is 0 Å². The molecular formula is C14H21ClN2O2. The molecule has 0 aliphatic carbocycles. The summed E-state index contributed by atoms with van der Waals surface area (Å²) in [5, 5.41) is 3.11. The van der Waals surface area contributed by atoms with E-state index in [4.69, 9.17) is 4.74 Å². The molecule has 1 heterocycles. The van der Waals surface area contributed by atoms with E-state index in [1.807, 2.05) is 37.4 Å². The number of likely N-dealkylation sites (N-methyl/N-ethyl adjacent to an activating group) is 1. The third-order valence-corrected chi connectivity index (χ3v) is 3.19. The minimum absolute atomic E-state index is 0. The average molecular weight is 285 g/mol. The Hall–Kier alpha value is -1.10. The molecule has 19 heavy (non-hydrogen) atoms. The van der Waals surface area contributed by atoms with Crippen LogP contribution in [0.25, 0.3) is 0 Å². The smallest absolute Gasteiger partial charge is 0.228 e. The number of nitrogens with zero attached hydrogens (tertiary/aromatic N) is 1. The molecule has 1 aliphatic heterocycles. The summed E-state index contributed by atoms with van der Waals surface area (Å²) in [7, 11) is 1.84. The van der Waals surface area contributed by atoms with Gasteiger partial charge in [0.15, 0.2) is 0 Å². The molecule has 0 spiro atoms. The topological polar surface area (TPSA) is 41.6 Å². The summed E-state index contributed by atoms with van der Waals surface area (Å²) in [6.45, 7) is 3.47. The van der Waals surface area contributed by atoms with Gasteiger partial charge in [-0.2, -0.15) is 0 Å². The van der Waals surface area contributed by atoms with Crippen LogP contribution in [-0.2, 0) is 16.1 Å². The minimum Gasteiger partial charge on any atom is -0.375 e. The van der Waals surface area contributed by atoms with E-state index in [0.717, 1.165) is 18.7 Å². The van der Waals surface area contributed by atoms with Gasteiger partial charge >= 0.3 is 0 Å². The van der Waals surface area contributed by atoms with Gasteiger partial charge in [0.2, 0.25) is 5.91 Å². The summed E-state index contributed by atoms with van der Waals surface area (Å²) in [6, 6.07) is 10.1. The number of carbonyl (C=O) groups excluding carboxylic acids is 1. The average Bonchev–Trinajstić information content (AvgIpc) is 2.33. The molecule has 1 aliphatic rings. The first-order valence-corrected chi connectivity index (χ1v) is 6.35. The van der Waals surface area contributed by atoms with Gasteiger partial charge in [-0.15, -0.1) is 12.4 Å². The first-order valence-electron chi connectivity index (χ1n) is 6.35. The molecule has 5 heteroatoms. The molecule has 0 atom stereocenters. The molecule has 106 valence electrons. The lowest BCUT2D eigenvalue weighted by Gasteiger charge is -2.30. The van der Waals surface area contributed by atoms with Crippen molar-refractivity contribution in [3.8, 4) is 0 Å². The number of halogens is 1. The summed E-state index contributed by atoms with van der Waals surface area (Å²) in [5.74, 6) is 0.390. The number of carbonyl (C=O) groups is 1. The van der Waals surface area contributed by atoms with Gasteiger partial charge in [-0.05, 0) is 5.56 Å². The highest BCUT2D eigenvalue weighted by atomic mass is 35.5. The summed E-state index contributed by atoms with van der Waals surface area (Å²) in [4.78, 5) is 13.6. The Morgan fingerprint density at radius 1 is 1.37 bits per heavy atom. The van der Waals surface area contributed by atoms with E-state index in [9.17, 15) is 4.79 Å². The second kappa shape index (κ2) is 8.15. The standard InChI is InChI=1S/C14H20N2O2.ClH/c1-16(14(17)13-9-15-10-13)7-8-18-11-12-5-3-2-4-6-12;/h2-6,13,15H,7-11H2,1H3;1H. The van der Waals surface area contributed by atoms with E-state index in [-0.39, 0.29) is 24.2 Å². The fourth-order valence-corrected chi connectivity index (χ4v) is 1.85. The summed E-state index contributed by atoms with van der Waals surface area (Å²) < 4.78 is 5.56. The first-order chi connectivity index (χ1) is 8.77. The predicted molar refractivity (Wildman–Crippen MR) is 77.3 cm³/mol. The quantitative estimate of drug-likeness (QED) is 0.801. The van der Waals surface area contributed by atoms with Crippen molar-refractivity contribution < 1.29 is 9.53 Å². The van der Waals surface area contributed by atoms with Crippen LogP contribution in [0, 0.1) is 5.92 Å². The van der Waals surface area contributed by atoms with Crippen molar-refractivity contribution in [1.29, 1.82) is 0 Å². The molecule has 1 N–H and O–H groups in total. The third kappa shape index (κ3) is 4.82. The summed E-state index contributed by atoms with van der Waals surface area (Å²) >= 11 is 0. The number of ether oxygens (including phenoxy) is 1. The molecular weight excluding hydrogens is 264 g/mol. The number of benzene rings is 1. The molecule has 0 saturated carbocycles. The number of hydrogen-bond donors (Lipinski definition) is 1. The van der Waals surface area contributed by atoms with E-state index in [1.54, 1.807) is 4.90 Å². The molecule has 0 aromatic heterocycles. The van der Waals surface area contributed by atoms with E-state index in [2.05, 4.69) is 5.32 Å². The maximum Gasteiger partial charge on any atom is 0.228 e. The molecule has 4 nitrogen and oxygen atoms in total. The van der Waals surface area contributed by atoms with Crippen LogP contribution in [-0.4, -0.2) is 44.1 Å². The highest BCUT2D eigenvalue weighted by Crippen LogP contribution is 2.07. The molecule has 2 rings (SSSR count). The zero-order chi connectivity index (χ0) is 12.8. The molecule has 1 aromatic carbocycles. The van der Waals surface area contributed by atoms with Gasteiger partial charge in [0.25, 0.3) is 0 Å². The van der Waals surface area contributed by atoms with Crippen molar-refractivity contribution in [2.45, 2.75) is 6.61 Å². The summed E-state index contributed by atoms with van der Waals surface area (Å²) in [6.07, 6.45) is 0. The minimum atomic E-state index is 0. The molecule has 1 saturated heterocycles. The maximum atomic E-state index is 11.8. The SMILES string of the molecule is CN(CCOCc1ccccc1)C(=O)C1CNC1.Cl. The van der Waals surface area contributed by atoms with Gasteiger partial charge in [0, 0.05) is 26.7 Å². The Bertz CT molecular complexity index is 382. The highest BCUT2D eigenvalue weighted by Gasteiger charge is 2.27. The van der Waals surface area contributed by atoms with Gasteiger partial charge in [-0.25, -0.2) is 0 Å². The lowest BCUT2D eigenvalue weighted by atomic mass is 10.0. The molecule has 0 bridgehead atoms. The van der Waals surface area contributed by atoms with Crippen molar-refractivity contribution in [2.75, 3.05) is 33.3 Å². The van der Waals surface area contributed by atoms with Gasteiger partial charge in [0.1, 0.15) is 0 Å². The maximum absolute atomic E-state index is 11.8. The van der Waals surface area contributed by atoms with E-state index < -0.39 is 0 Å². The van der Waals surface area contributed by atoms with Crippen LogP contribution in [0.15, 0.2) is 30.3 Å². The lowest BCUT2D eigenvalue weighted by molar-refractivity contribution is -0.136. The number of hydrogen-bond acceptors (Lipinski definition) is 3. The normalized spacial score (nSPS) is 14.4. The lowest BCUT2D eigenvalue weighted by Crippen LogP contribution is -2.51. The largest absolute Gasteiger partial charge is 0.375 e. The molecule has 0 radical (unpaired) electrons. The Kier molecular flexibility index (Phi) is 6.84. The predicted octanol–water partition coefficient (Wildman–Crippen LogP) is 1.30. The van der Waals surface area contributed by atoms with Crippen LogP contribution in [0.1, 0.15) is 5.56 Å². The molecule has 0 unspecified atom stereocenters. The Morgan fingerprint density at radius 2 is 2.05 bits per heavy atom. The van der Waals surface area contributed by atoms with Gasteiger partial charge in [-0.1, -0.05) is 30.3 Å². The van der Waals surface area contributed by atoms with Crippen molar-refractivity contribution in [3.63, 3.8) is 0 Å². The van der Waals surface area contributed by atoms with Gasteiger partial charge < -0.3 is 15.0 Å². The zero-order valence-electron chi connectivity index (χ0n) is 11.2. The fraction of sp³-hybridized carbons (Fsp3) is 0.500. The van der Waals surface area contributed by atoms with Crippen LogP contribution in [0.3, 0.4) is 0 Å². The molecule has 1 fully saturated rings. The van der Waals surface area contributed by atoms with Crippen LogP contribution < -0.4 is 5.32 Å². The fourth-order valence-electron chi connectivity index (χ4n) is 1.85. The van der Waals surface area contributed by atoms with E-state index >= 15 is 0 Å². The van der Waals surface area contributed by atoms with Crippen LogP contribution >= 0.6 is 12.4 Å². The second-order valence-electron chi connectivity index (χ2n) is 4.65. The van der Waals surface area contributed by atoms with Crippen molar-refractivity contribution in [2.24, 2.45) is 5.92 Å². The van der Waals surface area contributed by atoms with E-state index in [0.29, 0.717) is 19.8 Å². The van der Waals surface area contributed by atoms with Gasteiger partial charge in [-0.3, -0.25) is 4.79 Å². The second-order valence-corrected chi connectivity index (χ2v) is 4.65. The molecule has 1 amide bonds. The number of amides is 1. The van der Waals surface area contributed by atoms with Crippen molar-refractivity contribution in [1.82, 2.24) is 10.2 Å². The van der Waals surface area contributed by atoms with Crippen LogP contribution in [0.4, 0.5) is 0 Å². The monoisotopic (exact) mass is 284 g/mol. The van der Waals surface area contributed by atoms with Crippen molar-refractivity contribution in [3.05, 3.63) is 35.9 Å². The number of nitrogens with one attached hydrogen (secondary N) is 1. The van der Waals surface area contributed by atoms with Crippen LogP contribution in [0.5, 0.6) is 0 Å². The zero-order valence-corrected chi connectivity index (χ0v) is 12.0. The Balaban J connectivity index is 0.00000180. The van der Waals surface area contributed by atoms with Crippen LogP contribution in [0.2, 0.25) is 0 Å². The Labute approximate surface area is 120 Å². The van der Waals surface area contributed by atoms with Gasteiger partial charge in [0.05, 0.1) is 19.1 Å². The molecule has 1 aromatic rings. The Morgan fingerprint density at radius 3 is 2.63 bits per heavy atom. The van der Waals surface area contributed by atoms with Crippen molar-refractivity contribution >= 4 is 18.3 Å².